The monoisotopic (exact) mass is 491 g/mol. The van der Waals surface area contributed by atoms with Crippen LogP contribution < -0.4 is 10.4 Å². The van der Waals surface area contributed by atoms with Crippen LogP contribution in [0.5, 0.6) is 0 Å². The van der Waals surface area contributed by atoms with Gasteiger partial charge >= 0.3 is 12.4 Å². The molecular formula is C23H3F6N7. The SMILES string of the molecule is N#CC(C#N)=c1cc(C#N)/c(=C(\C#N)c2c(C(F)(F)F)cc(C#N)c(C(F)(F)F)c2C#N)cc1C#N. The average molecular weight is 491 g/mol. The molecule has 0 unspecified atom stereocenters. The normalized spacial score (nSPS) is 11.3. The van der Waals surface area contributed by atoms with Crippen LogP contribution in [0, 0.1) is 79.3 Å². The molecule has 2 aromatic carbocycles. The van der Waals surface area contributed by atoms with Crippen molar-refractivity contribution < 1.29 is 26.3 Å². The number of hydrogen-bond donors (Lipinski definition) is 0. The Hall–Kier alpha value is -5.81. The van der Waals surface area contributed by atoms with E-state index in [0.29, 0.717) is 6.07 Å². The van der Waals surface area contributed by atoms with Crippen LogP contribution >= 0.6 is 0 Å². The van der Waals surface area contributed by atoms with Gasteiger partial charge in [0.05, 0.1) is 57.2 Å². The Kier molecular flexibility index (Phi) is 7.04. The standard InChI is InChI=1S/C23H3F6N7/c24-22(25,26)19-3-13(6-32)21(23(27,28)29)18(10-36)20(19)17(9-35)16-2-11(4-30)15(1-12(16)5-31)14(7-33)8-34/h1-3H/b17-16+. The molecule has 2 aromatic rings. The van der Waals surface area contributed by atoms with E-state index in [1.807, 2.05) is 0 Å². The van der Waals surface area contributed by atoms with Gasteiger partial charge in [-0.2, -0.15) is 63.2 Å². The lowest BCUT2D eigenvalue weighted by Gasteiger charge is -2.19. The van der Waals surface area contributed by atoms with E-state index in [9.17, 15) is 47.4 Å². The minimum atomic E-state index is -5.49. The number of nitrogens with zero attached hydrogens (tertiary/aromatic N) is 7. The summed E-state index contributed by atoms with van der Waals surface area (Å²) in [5.74, 6) is 0. The van der Waals surface area contributed by atoms with Crippen LogP contribution in [0.2, 0.25) is 0 Å². The largest absolute Gasteiger partial charge is 0.418 e. The van der Waals surface area contributed by atoms with Crippen molar-refractivity contribution in [1.29, 1.82) is 36.8 Å². The van der Waals surface area contributed by atoms with E-state index in [0.717, 1.165) is 18.2 Å². The number of hydrogen-bond acceptors (Lipinski definition) is 7. The lowest BCUT2D eigenvalue weighted by molar-refractivity contribution is -0.141. The molecule has 7 nitrogen and oxygen atoms in total. The van der Waals surface area contributed by atoms with Gasteiger partial charge < -0.3 is 0 Å². The molecule has 0 aliphatic heterocycles. The molecule has 0 saturated carbocycles. The summed E-state index contributed by atoms with van der Waals surface area (Å²) in [6.45, 7) is 0. The number of halogens is 6. The van der Waals surface area contributed by atoms with Gasteiger partial charge in [-0.1, -0.05) is 0 Å². The van der Waals surface area contributed by atoms with Gasteiger partial charge in [-0.15, -0.1) is 0 Å². The molecule has 0 aromatic heterocycles. The summed E-state index contributed by atoms with van der Waals surface area (Å²) in [7, 11) is 0. The quantitative estimate of drug-likeness (QED) is 0.552. The van der Waals surface area contributed by atoms with Gasteiger partial charge in [0, 0.05) is 16.0 Å². The van der Waals surface area contributed by atoms with E-state index in [-0.39, 0.29) is 6.07 Å². The average Bonchev–Trinajstić information content (AvgIpc) is 2.83. The Balaban J connectivity index is 3.47. The maximum absolute atomic E-state index is 13.9. The zero-order chi connectivity index (χ0) is 27.4. The van der Waals surface area contributed by atoms with E-state index >= 15 is 0 Å². The Morgan fingerprint density at radius 1 is 0.583 bits per heavy atom. The maximum atomic E-state index is 13.9. The summed E-state index contributed by atoms with van der Waals surface area (Å²) in [5, 5.41) is 64.0. The molecule has 0 amide bonds. The second-order valence-electron chi connectivity index (χ2n) is 6.57. The van der Waals surface area contributed by atoms with Gasteiger partial charge in [-0.25, -0.2) is 0 Å². The third kappa shape index (κ3) is 4.48. The first-order chi connectivity index (χ1) is 16.8. The molecule has 172 valence electrons. The van der Waals surface area contributed by atoms with E-state index < -0.39 is 72.9 Å². The predicted molar refractivity (Wildman–Crippen MR) is 104 cm³/mol. The number of nitriles is 7. The summed E-state index contributed by atoms with van der Waals surface area (Å²) in [5.41, 5.74) is -11.9. The molecule has 0 saturated heterocycles. The second kappa shape index (κ2) is 9.59. The fourth-order valence-electron chi connectivity index (χ4n) is 3.26. The summed E-state index contributed by atoms with van der Waals surface area (Å²) in [6, 6.07) is 10.3. The van der Waals surface area contributed by atoms with Crippen LogP contribution in [0.25, 0.3) is 11.1 Å². The van der Waals surface area contributed by atoms with Gasteiger partial charge in [0.1, 0.15) is 29.8 Å². The van der Waals surface area contributed by atoms with E-state index in [1.165, 1.54) is 30.3 Å². The molecular weight excluding hydrogens is 488 g/mol. The van der Waals surface area contributed by atoms with Crippen LogP contribution in [-0.4, -0.2) is 0 Å². The molecule has 0 fully saturated rings. The molecule has 0 atom stereocenters. The fourth-order valence-corrected chi connectivity index (χ4v) is 3.26. The highest BCUT2D eigenvalue weighted by molar-refractivity contribution is 5.85. The maximum Gasteiger partial charge on any atom is 0.418 e. The summed E-state index contributed by atoms with van der Waals surface area (Å²) in [4.78, 5) is 0. The van der Waals surface area contributed by atoms with Gasteiger partial charge in [0.2, 0.25) is 0 Å². The molecule has 2 rings (SSSR count). The predicted octanol–water partition coefficient (Wildman–Crippen LogP) is 3.13. The summed E-state index contributed by atoms with van der Waals surface area (Å²) < 4.78 is 82.8. The minimum Gasteiger partial charge on any atom is -0.192 e. The lowest BCUT2D eigenvalue weighted by Crippen LogP contribution is -2.24. The number of rotatable bonds is 1. The van der Waals surface area contributed by atoms with E-state index in [2.05, 4.69) is 0 Å². The smallest absolute Gasteiger partial charge is 0.192 e. The Morgan fingerprint density at radius 3 is 1.47 bits per heavy atom. The van der Waals surface area contributed by atoms with Crippen LogP contribution in [0.1, 0.15) is 38.9 Å². The van der Waals surface area contributed by atoms with Crippen molar-refractivity contribution in [2.45, 2.75) is 12.4 Å². The zero-order valence-electron chi connectivity index (χ0n) is 17.1. The van der Waals surface area contributed by atoms with Gasteiger partial charge in [-0.3, -0.25) is 0 Å². The van der Waals surface area contributed by atoms with Crippen molar-refractivity contribution >= 4 is 11.1 Å². The van der Waals surface area contributed by atoms with Crippen molar-refractivity contribution in [3.8, 4) is 42.5 Å². The van der Waals surface area contributed by atoms with Crippen LogP contribution in [0.4, 0.5) is 26.3 Å². The zero-order valence-corrected chi connectivity index (χ0v) is 17.1. The highest BCUT2D eigenvalue weighted by atomic mass is 19.4. The Morgan fingerprint density at radius 2 is 1.08 bits per heavy atom. The Bertz CT molecular complexity index is 1720. The van der Waals surface area contributed by atoms with Crippen molar-refractivity contribution in [3.05, 3.63) is 67.6 Å². The lowest BCUT2D eigenvalue weighted by atomic mass is 9.86. The topological polar surface area (TPSA) is 167 Å². The van der Waals surface area contributed by atoms with Crippen LogP contribution in [0.15, 0.2) is 18.2 Å². The Labute approximate surface area is 197 Å². The molecule has 0 aliphatic carbocycles. The summed E-state index contributed by atoms with van der Waals surface area (Å²) >= 11 is 0. The highest BCUT2D eigenvalue weighted by Crippen LogP contribution is 2.43. The number of benzene rings is 2. The first-order valence-electron chi connectivity index (χ1n) is 8.93. The van der Waals surface area contributed by atoms with Gasteiger partial charge in [0.25, 0.3) is 0 Å². The first kappa shape index (κ1) is 26.4. The van der Waals surface area contributed by atoms with Crippen LogP contribution in [-0.2, 0) is 12.4 Å². The molecule has 0 aliphatic rings. The van der Waals surface area contributed by atoms with Crippen molar-refractivity contribution in [3.63, 3.8) is 0 Å². The van der Waals surface area contributed by atoms with Crippen molar-refractivity contribution in [1.82, 2.24) is 0 Å². The molecule has 36 heavy (non-hydrogen) atoms. The van der Waals surface area contributed by atoms with Gasteiger partial charge in [0.15, 0.2) is 0 Å². The van der Waals surface area contributed by atoms with Crippen molar-refractivity contribution in [2.24, 2.45) is 0 Å². The number of alkyl halides is 6. The van der Waals surface area contributed by atoms with Crippen molar-refractivity contribution in [2.75, 3.05) is 0 Å². The first-order valence-corrected chi connectivity index (χ1v) is 8.93. The second-order valence-corrected chi connectivity index (χ2v) is 6.57. The molecule has 0 spiro atoms. The highest BCUT2D eigenvalue weighted by Gasteiger charge is 2.44. The third-order valence-corrected chi connectivity index (χ3v) is 4.67. The fraction of sp³-hybridized carbons (Fsp3) is 0.0870. The molecule has 0 N–H and O–H groups in total. The van der Waals surface area contributed by atoms with E-state index in [1.54, 1.807) is 0 Å². The minimum absolute atomic E-state index is 0.167. The molecule has 0 bridgehead atoms. The third-order valence-electron chi connectivity index (χ3n) is 4.67. The van der Waals surface area contributed by atoms with Crippen LogP contribution in [0.3, 0.4) is 0 Å². The van der Waals surface area contributed by atoms with E-state index in [4.69, 9.17) is 15.8 Å². The summed E-state index contributed by atoms with van der Waals surface area (Å²) in [6.07, 6.45) is -11.0. The molecule has 0 radical (unpaired) electrons. The molecule has 13 heteroatoms. The van der Waals surface area contributed by atoms with Gasteiger partial charge in [-0.05, 0) is 18.2 Å². The molecule has 0 heterocycles.